The van der Waals surface area contributed by atoms with Crippen molar-refractivity contribution >= 4 is 29.1 Å². The van der Waals surface area contributed by atoms with Crippen LogP contribution in [0.5, 0.6) is 11.5 Å². The third-order valence-corrected chi connectivity index (χ3v) is 13.6. The number of phenolic OH excluding ortho intramolecular Hbond substituents is 1. The molecule has 6 aromatic rings. The number of benzene rings is 4. The van der Waals surface area contributed by atoms with E-state index in [1.807, 2.05) is 90.7 Å². The van der Waals surface area contributed by atoms with Gasteiger partial charge in [0.1, 0.15) is 29.9 Å². The number of amides is 3. The average molecular weight is 917 g/mol. The Kier molecular flexibility index (Phi) is 14.2. The normalized spacial score (nSPS) is 14.4. The number of hydrazine groups is 1. The Morgan fingerprint density at radius 1 is 0.838 bits per heavy atom. The van der Waals surface area contributed by atoms with E-state index in [1.165, 1.54) is 17.7 Å². The number of phenols is 1. The van der Waals surface area contributed by atoms with E-state index in [1.54, 1.807) is 39.7 Å². The van der Waals surface area contributed by atoms with Crippen LogP contribution in [0.2, 0.25) is 0 Å². The van der Waals surface area contributed by atoms with Crippen molar-refractivity contribution in [1.82, 2.24) is 23.9 Å². The Bertz CT molecular complexity index is 2880. The summed E-state index contributed by atoms with van der Waals surface area (Å²) in [5.41, 5.74) is 10.3. The first-order chi connectivity index (χ1) is 32.8. The van der Waals surface area contributed by atoms with Crippen molar-refractivity contribution in [2.75, 3.05) is 44.4 Å². The Hall–Kier alpha value is -7.18. The van der Waals surface area contributed by atoms with Gasteiger partial charge in [-0.2, -0.15) is 5.26 Å². The molecule has 352 valence electrons. The lowest BCUT2D eigenvalue weighted by molar-refractivity contribution is -0.131. The molecule has 0 radical (unpaired) electrons. The minimum atomic E-state index is -0.330. The highest BCUT2D eigenvalue weighted by Gasteiger charge is 2.33. The SMILES string of the molecule is CCOCCN(N)CCOc1ccc(CC(=O)N2CCc3cc(-c4cc(C(=O)N(c5ccc(O)cc5)c5cc(C#N)n(C)c5C)c(C)n4C)c(C(=O)N4Cc5ccccc5C[C@H]4C)cc3C2)cc1. The highest BCUT2D eigenvalue weighted by Crippen LogP contribution is 2.38. The van der Waals surface area contributed by atoms with Gasteiger partial charge in [0.2, 0.25) is 5.91 Å². The van der Waals surface area contributed by atoms with E-state index in [0.717, 1.165) is 28.7 Å². The number of fused-ring (bicyclic) bond motifs is 2. The summed E-state index contributed by atoms with van der Waals surface area (Å²) in [6.07, 6.45) is 1.53. The molecule has 0 spiro atoms. The number of nitriles is 1. The summed E-state index contributed by atoms with van der Waals surface area (Å²) in [7, 11) is 3.69. The molecule has 14 nitrogen and oxygen atoms in total. The topological polar surface area (TPSA) is 163 Å². The van der Waals surface area contributed by atoms with Crippen molar-refractivity contribution < 1.29 is 29.0 Å². The average Bonchev–Trinajstić information content (AvgIpc) is 3.80. The minimum absolute atomic E-state index is 0.00876. The molecule has 2 aliphatic heterocycles. The standard InChI is InChI=1S/C54H60N8O6/c1-7-67-24-22-60(56)23-25-68-46-18-12-38(13-19-46)27-52(64)59-21-20-40-28-48(49(29-42(40)33-59)53(65)61-34-41-11-9-8-10-39(41)26-35(61)2)51-31-47(36(3)58(51)6)54(66)62(43-14-16-45(63)17-15-43)50-30-44(32-55)57(5)37(50)4/h8-19,28-31,35,63H,7,20-27,33-34,56H2,1-6H3/t35-/m1/s1. The molecule has 0 saturated heterocycles. The Balaban J connectivity index is 1.10. The quantitative estimate of drug-likeness (QED) is 0.0604. The molecule has 68 heavy (non-hydrogen) atoms. The van der Waals surface area contributed by atoms with Crippen LogP contribution in [0.15, 0.2) is 97.1 Å². The first-order valence-corrected chi connectivity index (χ1v) is 23.2. The lowest BCUT2D eigenvalue weighted by Crippen LogP contribution is -2.43. The van der Waals surface area contributed by atoms with E-state index in [2.05, 4.69) is 31.2 Å². The highest BCUT2D eigenvalue weighted by atomic mass is 16.5. The van der Waals surface area contributed by atoms with E-state index in [-0.39, 0.29) is 35.9 Å². The lowest BCUT2D eigenvalue weighted by atomic mass is 9.89. The van der Waals surface area contributed by atoms with Crippen molar-refractivity contribution in [3.05, 3.63) is 153 Å². The predicted molar refractivity (Wildman–Crippen MR) is 262 cm³/mol. The number of hydrogen-bond donors (Lipinski definition) is 2. The molecule has 0 fully saturated rings. The smallest absolute Gasteiger partial charge is 0.264 e. The number of nitrogens with two attached hydrogens (primary N) is 1. The van der Waals surface area contributed by atoms with E-state index >= 15 is 9.59 Å². The van der Waals surface area contributed by atoms with Crippen molar-refractivity contribution in [3.63, 3.8) is 0 Å². The van der Waals surface area contributed by atoms with Crippen molar-refractivity contribution in [1.29, 1.82) is 5.26 Å². The largest absolute Gasteiger partial charge is 0.508 e. The number of ether oxygens (including phenoxy) is 2. The Labute approximate surface area is 398 Å². The molecule has 3 N–H and O–H groups in total. The zero-order valence-electron chi connectivity index (χ0n) is 39.8. The number of nitrogens with zero attached hydrogens (tertiary/aromatic N) is 7. The molecule has 1 atom stereocenters. The van der Waals surface area contributed by atoms with Crippen LogP contribution >= 0.6 is 0 Å². The minimum Gasteiger partial charge on any atom is -0.508 e. The second-order valence-corrected chi connectivity index (χ2v) is 17.8. The summed E-state index contributed by atoms with van der Waals surface area (Å²) in [5.74, 6) is 6.33. The molecule has 0 unspecified atom stereocenters. The van der Waals surface area contributed by atoms with Gasteiger partial charge in [-0.15, -0.1) is 0 Å². The van der Waals surface area contributed by atoms with Crippen LogP contribution in [-0.4, -0.2) is 92.3 Å². The maximum Gasteiger partial charge on any atom is 0.264 e. The molecular formula is C54H60N8O6. The summed E-state index contributed by atoms with van der Waals surface area (Å²) >= 11 is 0. The molecule has 8 rings (SSSR count). The third-order valence-electron chi connectivity index (χ3n) is 13.6. The van der Waals surface area contributed by atoms with Gasteiger partial charge in [0.05, 0.1) is 24.3 Å². The fraction of sp³-hybridized carbons (Fsp3) is 0.333. The van der Waals surface area contributed by atoms with Crippen molar-refractivity contribution in [2.45, 2.75) is 66.1 Å². The van der Waals surface area contributed by atoms with E-state index in [9.17, 15) is 15.2 Å². The molecule has 14 heteroatoms. The summed E-state index contributed by atoms with van der Waals surface area (Å²) in [4.78, 5) is 49.5. The maximum absolute atomic E-state index is 15.2. The molecule has 4 heterocycles. The van der Waals surface area contributed by atoms with Crippen LogP contribution in [0.1, 0.15) is 79.5 Å². The lowest BCUT2D eigenvalue weighted by Gasteiger charge is -2.36. The van der Waals surface area contributed by atoms with Crippen LogP contribution < -0.4 is 15.5 Å². The van der Waals surface area contributed by atoms with E-state index in [0.29, 0.717) is 116 Å². The fourth-order valence-electron chi connectivity index (χ4n) is 9.30. The molecule has 2 aliphatic rings. The monoisotopic (exact) mass is 916 g/mol. The molecule has 0 bridgehead atoms. The van der Waals surface area contributed by atoms with Crippen molar-refractivity contribution in [3.8, 4) is 28.8 Å². The summed E-state index contributed by atoms with van der Waals surface area (Å²) in [6.45, 7) is 11.9. The van der Waals surface area contributed by atoms with Crippen LogP contribution in [0.4, 0.5) is 11.4 Å². The molecular weight excluding hydrogens is 857 g/mol. The third kappa shape index (κ3) is 9.78. The Morgan fingerprint density at radius 3 is 2.26 bits per heavy atom. The zero-order valence-corrected chi connectivity index (χ0v) is 39.8. The number of carbonyl (C=O) groups excluding carboxylic acids is 3. The second kappa shape index (κ2) is 20.4. The van der Waals surface area contributed by atoms with E-state index in [4.69, 9.17) is 15.3 Å². The molecule has 3 amide bonds. The molecule has 2 aromatic heterocycles. The van der Waals surface area contributed by atoms with Gasteiger partial charge in [0.25, 0.3) is 11.8 Å². The number of anilines is 2. The van der Waals surface area contributed by atoms with Gasteiger partial charge in [-0.1, -0.05) is 36.4 Å². The molecule has 4 aromatic carbocycles. The van der Waals surface area contributed by atoms with Crippen LogP contribution in [0, 0.1) is 25.2 Å². The number of hydrogen-bond acceptors (Lipinski definition) is 9. The molecule has 0 aliphatic carbocycles. The van der Waals surface area contributed by atoms with Crippen LogP contribution in [0.25, 0.3) is 11.3 Å². The van der Waals surface area contributed by atoms with Gasteiger partial charge in [-0.25, -0.2) is 5.01 Å². The fourth-order valence-corrected chi connectivity index (χ4v) is 9.30. The van der Waals surface area contributed by atoms with Gasteiger partial charge < -0.3 is 33.5 Å². The predicted octanol–water partition coefficient (Wildman–Crippen LogP) is 7.51. The maximum atomic E-state index is 15.2. The number of rotatable bonds is 15. The van der Waals surface area contributed by atoms with E-state index < -0.39 is 0 Å². The Morgan fingerprint density at radius 2 is 1.56 bits per heavy atom. The van der Waals surface area contributed by atoms with Crippen molar-refractivity contribution in [2.24, 2.45) is 19.9 Å². The summed E-state index contributed by atoms with van der Waals surface area (Å²) < 4.78 is 15.0. The van der Waals surface area contributed by atoms with Gasteiger partial charge in [0, 0.05) is 93.4 Å². The van der Waals surface area contributed by atoms with Gasteiger partial charge in [-0.05, 0) is 129 Å². The first kappa shape index (κ1) is 47.3. The van der Waals surface area contributed by atoms with Gasteiger partial charge in [0.15, 0.2) is 0 Å². The van der Waals surface area contributed by atoms with Crippen LogP contribution in [0.3, 0.4) is 0 Å². The highest BCUT2D eigenvalue weighted by molar-refractivity contribution is 6.13. The second-order valence-electron chi connectivity index (χ2n) is 17.8. The zero-order chi connectivity index (χ0) is 48.2. The number of aromatic hydroxyl groups is 1. The number of carbonyl (C=O) groups is 3. The van der Waals surface area contributed by atoms with Gasteiger partial charge >= 0.3 is 0 Å². The van der Waals surface area contributed by atoms with Gasteiger partial charge in [-0.3, -0.25) is 25.1 Å². The molecule has 0 saturated carbocycles. The first-order valence-electron chi connectivity index (χ1n) is 23.2. The van der Waals surface area contributed by atoms with Crippen LogP contribution in [-0.2, 0) is 56.0 Å². The summed E-state index contributed by atoms with van der Waals surface area (Å²) in [6, 6.07) is 32.0. The summed E-state index contributed by atoms with van der Waals surface area (Å²) in [5, 5.41) is 21.8. The number of aromatic nitrogens is 2.